The molecule has 1 aliphatic rings. The Morgan fingerprint density at radius 1 is 0.932 bits per heavy atom. The third-order valence-electron chi connectivity index (χ3n) is 6.86. The van der Waals surface area contributed by atoms with Gasteiger partial charge in [0.05, 0.1) is 43.5 Å². The van der Waals surface area contributed by atoms with Gasteiger partial charge >= 0.3 is 5.97 Å². The molecule has 10 nitrogen and oxygen atoms in total. The maximum atomic E-state index is 13.6. The molecule has 4 aromatic rings. The first-order chi connectivity index (χ1) is 21.3. The van der Waals surface area contributed by atoms with Crippen molar-refractivity contribution in [3.8, 4) is 51.5 Å². The van der Waals surface area contributed by atoms with Crippen LogP contribution < -0.4 is 23.8 Å². The number of methoxy groups -OCH3 is 3. The Bertz CT molecular complexity index is 1760. The van der Waals surface area contributed by atoms with Crippen molar-refractivity contribution in [3.05, 3.63) is 78.4 Å². The molecule has 0 aliphatic carbocycles. The van der Waals surface area contributed by atoms with Gasteiger partial charge in [0.15, 0.2) is 11.5 Å². The van der Waals surface area contributed by atoms with Gasteiger partial charge in [0.25, 0.3) is 0 Å². The lowest BCUT2D eigenvalue weighted by Gasteiger charge is -2.18. The highest BCUT2D eigenvalue weighted by Crippen LogP contribution is 2.44. The van der Waals surface area contributed by atoms with E-state index >= 15 is 0 Å². The van der Waals surface area contributed by atoms with E-state index < -0.39 is 23.0 Å². The molecule has 1 saturated heterocycles. The number of thioether (sulfide) groups is 1. The molecule has 1 fully saturated rings. The predicted molar refractivity (Wildman–Crippen MR) is 164 cm³/mol. The average Bonchev–Trinajstić information content (AvgIpc) is 3.32. The van der Waals surface area contributed by atoms with Crippen molar-refractivity contribution < 1.29 is 33.3 Å². The lowest BCUT2D eigenvalue weighted by atomic mass is 9.98. The Morgan fingerprint density at radius 3 is 2.16 bits per heavy atom. The summed E-state index contributed by atoms with van der Waals surface area (Å²) in [6.45, 7) is 1.28. The summed E-state index contributed by atoms with van der Waals surface area (Å²) >= 11 is 1.07. The monoisotopic (exact) mass is 609 g/mol. The Morgan fingerprint density at radius 2 is 1.59 bits per heavy atom. The van der Waals surface area contributed by atoms with E-state index in [1.54, 1.807) is 30.3 Å². The van der Waals surface area contributed by atoms with E-state index in [2.05, 4.69) is 6.07 Å². The van der Waals surface area contributed by atoms with Gasteiger partial charge in [-0.15, -0.1) is 0 Å². The first-order valence-electron chi connectivity index (χ1n) is 13.4. The van der Waals surface area contributed by atoms with Crippen LogP contribution in [0.2, 0.25) is 0 Å². The molecular weight excluding hydrogens is 582 g/mol. The average molecular weight is 610 g/mol. The highest BCUT2D eigenvalue weighted by atomic mass is 32.2. The van der Waals surface area contributed by atoms with Gasteiger partial charge < -0.3 is 18.9 Å². The van der Waals surface area contributed by atoms with Crippen molar-refractivity contribution in [2.45, 2.75) is 23.6 Å². The number of aromatic nitrogens is 1. The van der Waals surface area contributed by atoms with Gasteiger partial charge in [0.2, 0.25) is 17.6 Å². The number of nitrogens with zero attached hydrogens (tertiary/aromatic N) is 3. The van der Waals surface area contributed by atoms with Crippen LogP contribution in [0.5, 0.6) is 23.0 Å². The molecule has 2 amide bonds. The molecule has 0 spiro atoms. The molecule has 11 heteroatoms. The molecule has 3 aromatic carbocycles. The minimum absolute atomic E-state index is 0.0865. The summed E-state index contributed by atoms with van der Waals surface area (Å²) in [4.78, 5) is 43.8. The lowest BCUT2D eigenvalue weighted by Crippen LogP contribution is -2.31. The molecule has 222 valence electrons. The molecule has 0 bridgehead atoms. The van der Waals surface area contributed by atoms with Crippen molar-refractivity contribution in [2.75, 3.05) is 26.2 Å². The molecule has 5 rings (SSSR count). The molecule has 44 heavy (non-hydrogen) atoms. The van der Waals surface area contributed by atoms with Crippen LogP contribution in [0.3, 0.4) is 0 Å². The number of anilines is 1. The van der Waals surface area contributed by atoms with Crippen molar-refractivity contribution in [1.82, 2.24) is 4.98 Å². The summed E-state index contributed by atoms with van der Waals surface area (Å²) < 4.78 is 21.6. The number of esters is 1. The maximum absolute atomic E-state index is 13.6. The first kappa shape index (κ1) is 30.1. The summed E-state index contributed by atoms with van der Waals surface area (Å²) in [5.74, 6) is 0.203. The van der Waals surface area contributed by atoms with Crippen molar-refractivity contribution in [3.63, 3.8) is 0 Å². The van der Waals surface area contributed by atoms with Crippen molar-refractivity contribution in [2.24, 2.45) is 0 Å². The van der Waals surface area contributed by atoms with Crippen LogP contribution in [0.1, 0.15) is 18.9 Å². The topological polar surface area (TPSA) is 128 Å². The number of nitriles is 1. The molecule has 1 aromatic heterocycles. The molecule has 1 atom stereocenters. The van der Waals surface area contributed by atoms with E-state index in [0.29, 0.717) is 50.5 Å². The van der Waals surface area contributed by atoms with Crippen molar-refractivity contribution in [1.29, 1.82) is 5.26 Å². The first-order valence-corrected chi connectivity index (χ1v) is 14.3. The quantitative estimate of drug-likeness (QED) is 0.133. The molecule has 1 aliphatic heterocycles. The number of pyridine rings is 1. The van der Waals surface area contributed by atoms with Gasteiger partial charge in [0.1, 0.15) is 16.8 Å². The summed E-state index contributed by atoms with van der Waals surface area (Å²) in [6.07, 6.45) is -0.0865. The number of carbonyl (C=O) groups excluding carboxylic acids is 3. The number of imide groups is 1. The number of rotatable bonds is 9. The van der Waals surface area contributed by atoms with Gasteiger partial charge in [-0.25, -0.2) is 9.88 Å². The lowest BCUT2D eigenvalue weighted by molar-refractivity contribution is -0.132. The van der Waals surface area contributed by atoms with E-state index in [0.717, 1.165) is 22.2 Å². The standard InChI is InChI=1S/C33H27N3O7S/c1-19(37)43-23-12-10-22(11-13-23)36-30(38)17-29(33(36)39)44-32-25(18-34)24(16-26(35-32)20-8-6-5-7-9-20)21-14-27(40-2)31(42-4)28(15-21)41-3/h5-16,29H,17H2,1-4H3. The number of benzene rings is 3. The zero-order valence-electron chi connectivity index (χ0n) is 24.3. The zero-order valence-corrected chi connectivity index (χ0v) is 25.1. The molecule has 1 unspecified atom stereocenters. The molecule has 0 N–H and O–H groups in total. The third kappa shape index (κ3) is 5.93. The second-order valence-corrected chi connectivity index (χ2v) is 10.8. The van der Waals surface area contributed by atoms with Crippen LogP contribution in [0.25, 0.3) is 22.4 Å². The van der Waals surface area contributed by atoms with E-state index in [1.165, 1.54) is 40.4 Å². The van der Waals surface area contributed by atoms with Crippen LogP contribution in [0, 0.1) is 11.3 Å². The van der Waals surface area contributed by atoms with Gasteiger partial charge in [-0.05, 0) is 48.0 Å². The zero-order chi connectivity index (χ0) is 31.4. The smallest absolute Gasteiger partial charge is 0.308 e. The summed E-state index contributed by atoms with van der Waals surface area (Å²) in [5, 5.41) is 9.87. The fourth-order valence-corrected chi connectivity index (χ4v) is 5.99. The minimum atomic E-state index is -0.825. The highest BCUT2D eigenvalue weighted by Gasteiger charge is 2.41. The third-order valence-corrected chi connectivity index (χ3v) is 8.03. The molecule has 0 radical (unpaired) electrons. The second kappa shape index (κ2) is 12.9. The summed E-state index contributed by atoms with van der Waals surface area (Å²) in [5.41, 5.74) is 3.11. The molecule has 0 saturated carbocycles. The van der Waals surface area contributed by atoms with Crippen LogP contribution in [-0.4, -0.2) is 49.3 Å². The van der Waals surface area contributed by atoms with Crippen LogP contribution >= 0.6 is 11.8 Å². The van der Waals surface area contributed by atoms with Gasteiger partial charge in [-0.2, -0.15) is 5.26 Å². The Balaban J connectivity index is 1.57. The van der Waals surface area contributed by atoms with E-state index in [4.69, 9.17) is 23.9 Å². The SMILES string of the molecule is COc1cc(-c2cc(-c3ccccc3)nc(SC3CC(=O)N(c4ccc(OC(C)=O)cc4)C3=O)c2C#N)cc(OC)c1OC. The minimum Gasteiger partial charge on any atom is -0.493 e. The second-order valence-electron chi connectivity index (χ2n) is 9.59. The molecular formula is C33H27N3O7S. The normalized spacial score (nSPS) is 14.2. The van der Waals surface area contributed by atoms with Crippen LogP contribution in [-0.2, 0) is 14.4 Å². The summed E-state index contributed by atoms with van der Waals surface area (Å²) in [7, 11) is 4.52. The maximum Gasteiger partial charge on any atom is 0.308 e. The highest BCUT2D eigenvalue weighted by molar-refractivity contribution is 8.00. The number of hydrogen-bond donors (Lipinski definition) is 0. The van der Waals surface area contributed by atoms with Gasteiger partial charge in [0, 0.05) is 24.5 Å². The fourth-order valence-electron chi connectivity index (χ4n) is 4.87. The van der Waals surface area contributed by atoms with Gasteiger partial charge in [-0.1, -0.05) is 42.1 Å². The predicted octanol–water partition coefficient (Wildman–Crippen LogP) is 5.66. The van der Waals surface area contributed by atoms with E-state index in [-0.39, 0.29) is 12.0 Å². The Hall–Kier alpha value is -5.34. The number of amides is 2. The Kier molecular flexibility index (Phi) is 8.83. The Labute approximate surface area is 258 Å². The number of ether oxygens (including phenoxy) is 4. The van der Waals surface area contributed by atoms with E-state index in [9.17, 15) is 19.6 Å². The molecule has 2 heterocycles. The van der Waals surface area contributed by atoms with Crippen molar-refractivity contribution >= 4 is 35.2 Å². The number of hydrogen-bond acceptors (Lipinski definition) is 10. The summed E-state index contributed by atoms with van der Waals surface area (Å²) in [6, 6.07) is 23.1. The largest absolute Gasteiger partial charge is 0.493 e. The van der Waals surface area contributed by atoms with E-state index in [1.807, 2.05) is 30.3 Å². The number of carbonyl (C=O) groups is 3. The fraction of sp³-hybridized carbons (Fsp3) is 0.182. The van der Waals surface area contributed by atoms with Crippen LogP contribution in [0.4, 0.5) is 5.69 Å². The van der Waals surface area contributed by atoms with Crippen LogP contribution in [0.15, 0.2) is 77.8 Å². The van der Waals surface area contributed by atoms with Gasteiger partial charge in [-0.3, -0.25) is 14.4 Å².